The number of carbonyl (C=O) groups is 1. The van der Waals surface area contributed by atoms with E-state index in [1.807, 2.05) is 24.3 Å². The van der Waals surface area contributed by atoms with E-state index < -0.39 is 0 Å². The lowest BCUT2D eigenvalue weighted by Crippen LogP contribution is -2.00. The number of para-hydroxylation sites is 1. The van der Waals surface area contributed by atoms with Gasteiger partial charge in [0.15, 0.2) is 11.3 Å². The number of thioether (sulfide) groups is 1. The molecule has 0 unspecified atom stereocenters. The molecule has 2 heterocycles. The average molecular weight is 344 g/mol. The van der Waals surface area contributed by atoms with Gasteiger partial charge in [-0.3, -0.25) is 4.79 Å². The van der Waals surface area contributed by atoms with Crippen LogP contribution in [0.2, 0.25) is 5.02 Å². The molecule has 0 saturated carbocycles. The average Bonchev–Trinajstić information content (AvgIpc) is 3.15. The number of hydrogen-bond donors (Lipinski definition) is 0. The Bertz CT molecular complexity index is 988. The molecular weight excluding hydrogens is 334 g/mol. The molecule has 114 valence electrons. The topological polar surface area (TPSA) is 56.2 Å². The van der Waals surface area contributed by atoms with Crippen LogP contribution in [0.15, 0.2) is 62.6 Å². The fourth-order valence-electron chi connectivity index (χ4n) is 2.26. The van der Waals surface area contributed by atoms with E-state index >= 15 is 0 Å². The summed E-state index contributed by atoms with van der Waals surface area (Å²) < 4.78 is 11.1. The Hall–Kier alpha value is -2.24. The highest BCUT2D eigenvalue weighted by Gasteiger charge is 2.15. The van der Waals surface area contributed by atoms with Crippen molar-refractivity contribution in [2.45, 2.75) is 5.22 Å². The number of fused-ring (bicyclic) bond motifs is 2. The van der Waals surface area contributed by atoms with Crippen molar-refractivity contribution in [3.05, 3.63) is 59.3 Å². The van der Waals surface area contributed by atoms with E-state index in [0.717, 1.165) is 5.39 Å². The normalized spacial score (nSPS) is 11.3. The highest BCUT2D eigenvalue weighted by Crippen LogP contribution is 2.27. The van der Waals surface area contributed by atoms with Crippen LogP contribution in [-0.2, 0) is 0 Å². The third kappa shape index (κ3) is 2.85. The SMILES string of the molecule is O=C(CSc1nc2cc(Cl)ccc2o1)c1cc2ccccc2o1. The molecule has 4 aromatic rings. The van der Waals surface area contributed by atoms with Crippen molar-refractivity contribution in [3.63, 3.8) is 0 Å². The van der Waals surface area contributed by atoms with Gasteiger partial charge in [-0.15, -0.1) is 0 Å². The molecule has 0 aliphatic carbocycles. The number of halogens is 1. The molecule has 0 aliphatic heterocycles. The number of carbonyl (C=O) groups excluding carboxylic acids is 1. The molecule has 2 aromatic carbocycles. The third-order valence-electron chi connectivity index (χ3n) is 3.36. The predicted molar refractivity (Wildman–Crippen MR) is 90.3 cm³/mol. The summed E-state index contributed by atoms with van der Waals surface area (Å²) in [4.78, 5) is 16.6. The van der Waals surface area contributed by atoms with Crippen LogP contribution in [0.4, 0.5) is 0 Å². The van der Waals surface area contributed by atoms with Gasteiger partial charge in [0.25, 0.3) is 5.22 Å². The summed E-state index contributed by atoms with van der Waals surface area (Å²) in [7, 11) is 0. The summed E-state index contributed by atoms with van der Waals surface area (Å²) in [6.45, 7) is 0. The van der Waals surface area contributed by atoms with Gasteiger partial charge >= 0.3 is 0 Å². The van der Waals surface area contributed by atoms with Gasteiger partial charge in [0, 0.05) is 10.4 Å². The van der Waals surface area contributed by atoms with Crippen LogP contribution in [0.25, 0.3) is 22.1 Å². The van der Waals surface area contributed by atoms with E-state index in [1.165, 1.54) is 11.8 Å². The van der Waals surface area contributed by atoms with E-state index in [0.29, 0.717) is 32.7 Å². The monoisotopic (exact) mass is 343 g/mol. The highest BCUT2D eigenvalue weighted by molar-refractivity contribution is 7.99. The Morgan fingerprint density at radius 1 is 1.09 bits per heavy atom. The van der Waals surface area contributed by atoms with E-state index in [9.17, 15) is 4.79 Å². The van der Waals surface area contributed by atoms with Gasteiger partial charge in [-0.25, -0.2) is 4.98 Å². The maximum absolute atomic E-state index is 12.3. The number of rotatable bonds is 4. The van der Waals surface area contributed by atoms with Gasteiger partial charge in [0.05, 0.1) is 5.75 Å². The first-order chi connectivity index (χ1) is 11.2. The molecule has 6 heteroatoms. The minimum Gasteiger partial charge on any atom is -0.453 e. The number of nitrogens with zero attached hydrogens (tertiary/aromatic N) is 1. The number of ketones is 1. The number of hydrogen-bond acceptors (Lipinski definition) is 5. The minimum atomic E-state index is -0.105. The zero-order valence-electron chi connectivity index (χ0n) is 11.8. The van der Waals surface area contributed by atoms with Crippen LogP contribution in [-0.4, -0.2) is 16.5 Å². The first kappa shape index (κ1) is 14.4. The largest absolute Gasteiger partial charge is 0.453 e. The van der Waals surface area contributed by atoms with Gasteiger partial charge in [-0.1, -0.05) is 41.6 Å². The second-order valence-electron chi connectivity index (χ2n) is 4.95. The van der Waals surface area contributed by atoms with E-state index in [2.05, 4.69) is 4.98 Å². The van der Waals surface area contributed by atoms with Crippen molar-refractivity contribution in [1.29, 1.82) is 0 Å². The molecule has 0 fully saturated rings. The molecule has 23 heavy (non-hydrogen) atoms. The maximum Gasteiger partial charge on any atom is 0.257 e. The number of oxazole rings is 1. The summed E-state index contributed by atoms with van der Waals surface area (Å²) in [5.41, 5.74) is 2.03. The lowest BCUT2D eigenvalue weighted by atomic mass is 10.2. The van der Waals surface area contributed by atoms with Crippen molar-refractivity contribution in [3.8, 4) is 0 Å². The number of furan rings is 1. The Kier molecular flexibility index (Phi) is 3.59. The van der Waals surface area contributed by atoms with Gasteiger partial charge in [0.1, 0.15) is 11.1 Å². The van der Waals surface area contributed by atoms with Crippen LogP contribution in [0.5, 0.6) is 0 Å². The Labute approximate surface area is 140 Å². The first-order valence-electron chi connectivity index (χ1n) is 6.90. The van der Waals surface area contributed by atoms with Gasteiger partial charge in [-0.05, 0) is 30.3 Å². The van der Waals surface area contributed by atoms with E-state index in [4.69, 9.17) is 20.4 Å². The molecule has 4 rings (SSSR count). The second-order valence-corrected chi connectivity index (χ2v) is 6.32. The maximum atomic E-state index is 12.3. The van der Waals surface area contributed by atoms with Crippen LogP contribution >= 0.6 is 23.4 Å². The number of aromatic nitrogens is 1. The second kappa shape index (κ2) is 5.76. The van der Waals surface area contributed by atoms with Crippen molar-refractivity contribution in [2.75, 3.05) is 5.75 Å². The van der Waals surface area contributed by atoms with Crippen molar-refractivity contribution in [2.24, 2.45) is 0 Å². The number of Topliss-reactive ketones (excluding diaryl/α,β-unsaturated/α-hetero) is 1. The highest BCUT2D eigenvalue weighted by atomic mass is 35.5. The smallest absolute Gasteiger partial charge is 0.257 e. The Morgan fingerprint density at radius 2 is 1.96 bits per heavy atom. The van der Waals surface area contributed by atoms with Crippen LogP contribution in [0.3, 0.4) is 0 Å². The molecule has 0 aliphatic rings. The molecule has 0 radical (unpaired) electrons. The molecule has 0 spiro atoms. The van der Waals surface area contributed by atoms with Crippen LogP contribution < -0.4 is 0 Å². The summed E-state index contributed by atoms with van der Waals surface area (Å²) in [5.74, 6) is 0.435. The molecule has 4 nitrogen and oxygen atoms in total. The molecule has 0 N–H and O–H groups in total. The molecule has 0 saturated heterocycles. The zero-order valence-corrected chi connectivity index (χ0v) is 13.4. The van der Waals surface area contributed by atoms with Gasteiger partial charge < -0.3 is 8.83 Å². The lowest BCUT2D eigenvalue weighted by molar-refractivity contribution is 0.0994. The molecule has 0 bridgehead atoms. The fourth-order valence-corrected chi connectivity index (χ4v) is 3.13. The van der Waals surface area contributed by atoms with Crippen LogP contribution in [0.1, 0.15) is 10.6 Å². The van der Waals surface area contributed by atoms with Crippen LogP contribution in [0, 0.1) is 0 Å². The zero-order chi connectivity index (χ0) is 15.8. The third-order valence-corrected chi connectivity index (χ3v) is 4.42. The summed E-state index contributed by atoms with van der Waals surface area (Å²) in [6, 6.07) is 14.5. The Balaban J connectivity index is 1.51. The minimum absolute atomic E-state index is 0.105. The summed E-state index contributed by atoms with van der Waals surface area (Å²) in [5, 5.41) is 1.95. The molecular formula is C17H10ClNO3S. The molecule has 2 aromatic heterocycles. The van der Waals surface area contributed by atoms with Gasteiger partial charge in [-0.2, -0.15) is 0 Å². The molecule has 0 amide bonds. The van der Waals surface area contributed by atoms with E-state index in [-0.39, 0.29) is 11.5 Å². The lowest BCUT2D eigenvalue weighted by Gasteiger charge is -1.93. The summed E-state index contributed by atoms with van der Waals surface area (Å²) in [6.07, 6.45) is 0. The van der Waals surface area contributed by atoms with Crippen molar-refractivity contribution >= 4 is 51.2 Å². The predicted octanol–water partition coefficient (Wildman–Crippen LogP) is 5.20. The molecule has 0 atom stereocenters. The Morgan fingerprint density at radius 3 is 2.83 bits per heavy atom. The van der Waals surface area contributed by atoms with Crippen molar-refractivity contribution in [1.82, 2.24) is 4.98 Å². The number of benzene rings is 2. The standard InChI is InChI=1S/C17H10ClNO3S/c18-11-5-6-15-12(8-11)19-17(22-15)23-9-13(20)16-7-10-3-1-2-4-14(10)21-16/h1-8H,9H2. The quantitative estimate of drug-likeness (QED) is 0.376. The van der Waals surface area contributed by atoms with E-state index in [1.54, 1.807) is 24.3 Å². The van der Waals surface area contributed by atoms with Gasteiger partial charge in [0.2, 0.25) is 5.78 Å². The summed E-state index contributed by atoms with van der Waals surface area (Å²) >= 11 is 7.15. The fraction of sp³-hybridized carbons (Fsp3) is 0.0588. The first-order valence-corrected chi connectivity index (χ1v) is 8.26. The van der Waals surface area contributed by atoms with Crippen molar-refractivity contribution < 1.29 is 13.6 Å².